The molecule has 16 heavy (non-hydrogen) atoms. The molecule has 2 heterocycles. The Labute approximate surface area is 105 Å². The standard InChI is InChI=1S/C12H13Cl2NO/c1-12-6-15-4-8(12)11-7(5-16-12)9(13)2-3-10(11)14/h2-3,8,15H,4-6H2,1H3/t8-,12-/m1/s1. The van der Waals surface area contributed by atoms with Gasteiger partial charge >= 0.3 is 0 Å². The molecule has 0 amide bonds. The van der Waals surface area contributed by atoms with E-state index < -0.39 is 0 Å². The number of hydrogen-bond donors (Lipinski definition) is 1. The molecule has 0 radical (unpaired) electrons. The third kappa shape index (κ3) is 1.41. The zero-order valence-electron chi connectivity index (χ0n) is 9.02. The van der Waals surface area contributed by atoms with Crippen molar-refractivity contribution >= 4 is 23.2 Å². The minimum atomic E-state index is -0.138. The lowest BCUT2D eigenvalue weighted by Gasteiger charge is -2.37. The molecular formula is C12H13Cl2NO. The Bertz CT molecular complexity index is 449. The first-order chi connectivity index (χ1) is 7.62. The second-order valence-electron chi connectivity index (χ2n) is 4.71. The molecule has 1 aromatic carbocycles. The maximum Gasteiger partial charge on any atom is 0.0863 e. The molecule has 1 aromatic rings. The number of benzene rings is 1. The van der Waals surface area contributed by atoms with Crippen LogP contribution in [0.4, 0.5) is 0 Å². The second kappa shape index (κ2) is 3.61. The number of rotatable bonds is 0. The first-order valence-corrected chi connectivity index (χ1v) is 6.19. The van der Waals surface area contributed by atoms with Gasteiger partial charge in [0.2, 0.25) is 0 Å². The van der Waals surface area contributed by atoms with E-state index in [9.17, 15) is 0 Å². The molecule has 2 atom stereocenters. The van der Waals surface area contributed by atoms with Crippen molar-refractivity contribution in [2.75, 3.05) is 13.1 Å². The van der Waals surface area contributed by atoms with Crippen molar-refractivity contribution in [1.82, 2.24) is 5.32 Å². The maximum atomic E-state index is 6.30. The van der Waals surface area contributed by atoms with E-state index in [1.165, 1.54) is 5.56 Å². The third-order valence-electron chi connectivity index (χ3n) is 3.70. The molecule has 2 aliphatic heterocycles. The molecule has 86 valence electrons. The van der Waals surface area contributed by atoms with Crippen LogP contribution in [0.5, 0.6) is 0 Å². The fourth-order valence-electron chi connectivity index (χ4n) is 2.73. The van der Waals surface area contributed by atoms with Gasteiger partial charge in [0.05, 0.1) is 12.2 Å². The Morgan fingerprint density at radius 2 is 2.12 bits per heavy atom. The van der Waals surface area contributed by atoms with Crippen LogP contribution < -0.4 is 5.32 Å². The monoisotopic (exact) mass is 257 g/mol. The highest BCUT2D eigenvalue weighted by molar-refractivity contribution is 6.34. The van der Waals surface area contributed by atoms with Crippen LogP contribution in [0.2, 0.25) is 10.0 Å². The third-order valence-corrected chi connectivity index (χ3v) is 4.39. The minimum absolute atomic E-state index is 0.138. The quantitative estimate of drug-likeness (QED) is 0.772. The average molecular weight is 258 g/mol. The van der Waals surface area contributed by atoms with E-state index in [2.05, 4.69) is 12.2 Å². The van der Waals surface area contributed by atoms with E-state index in [-0.39, 0.29) is 5.60 Å². The highest BCUT2D eigenvalue weighted by Crippen LogP contribution is 2.45. The molecular weight excluding hydrogens is 245 g/mol. The number of nitrogens with one attached hydrogen (secondary N) is 1. The minimum Gasteiger partial charge on any atom is -0.369 e. The van der Waals surface area contributed by atoms with Crippen LogP contribution in [0.1, 0.15) is 24.0 Å². The number of ether oxygens (including phenoxy) is 1. The highest BCUT2D eigenvalue weighted by Gasteiger charge is 2.45. The molecule has 0 bridgehead atoms. The molecule has 3 rings (SSSR count). The first kappa shape index (κ1) is 10.8. The Balaban J connectivity index is 2.19. The summed E-state index contributed by atoms with van der Waals surface area (Å²) in [5, 5.41) is 4.93. The van der Waals surface area contributed by atoms with Crippen molar-refractivity contribution in [3.63, 3.8) is 0 Å². The molecule has 1 N–H and O–H groups in total. The summed E-state index contributed by atoms with van der Waals surface area (Å²) >= 11 is 12.5. The van der Waals surface area contributed by atoms with Crippen LogP contribution in [0.25, 0.3) is 0 Å². The molecule has 0 spiro atoms. The summed E-state index contributed by atoms with van der Waals surface area (Å²) in [7, 11) is 0. The largest absolute Gasteiger partial charge is 0.369 e. The number of fused-ring (bicyclic) bond motifs is 3. The van der Waals surface area contributed by atoms with Crippen LogP contribution in [-0.2, 0) is 11.3 Å². The normalized spacial score (nSPS) is 32.3. The van der Waals surface area contributed by atoms with Crippen molar-refractivity contribution < 1.29 is 4.74 Å². The molecule has 2 nitrogen and oxygen atoms in total. The molecule has 0 aliphatic carbocycles. The van der Waals surface area contributed by atoms with Gasteiger partial charge in [0.1, 0.15) is 0 Å². The molecule has 0 saturated carbocycles. The zero-order valence-corrected chi connectivity index (χ0v) is 10.5. The fourth-order valence-corrected chi connectivity index (χ4v) is 3.26. The fraction of sp³-hybridized carbons (Fsp3) is 0.500. The summed E-state index contributed by atoms with van der Waals surface area (Å²) in [5.41, 5.74) is 2.09. The summed E-state index contributed by atoms with van der Waals surface area (Å²) in [4.78, 5) is 0. The van der Waals surface area contributed by atoms with E-state index in [0.29, 0.717) is 12.5 Å². The van der Waals surface area contributed by atoms with Gasteiger partial charge in [0, 0.05) is 34.6 Å². The second-order valence-corrected chi connectivity index (χ2v) is 5.52. The van der Waals surface area contributed by atoms with Gasteiger partial charge in [-0.1, -0.05) is 23.2 Å². The van der Waals surface area contributed by atoms with Crippen molar-refractivity contribution in [2.45, 2.75) is 25.0 Å². The van der Waals surface area contributed by atoms with Gasteiger partial charge in [-0.3, -0.25) is 0 Å². The van der Waals surface area contributed by atoms with Crippen LogP contribution in [-0.4, -0.2) is 18.7 Å². The average Bonchev–Trinajstić information content (AvgIpc) is 2.64. The number of hydrogen-bond acceptors (Lipinski definition) is 2. The predicted octanol–water partition coefficient (Wildman–Crippen LogP) is 2.97. The Hall–Kier alpha value is -0.280. The van der Waals surface area contributed by atoms with Crippen LogP contribution in [0.15, 0.2) is 12.1 Å². The van der Waals surface area contributed by atoms with Crippen molar-refractivity contribution in [3.8, 4) is 0 Å². The topological polar surface area (TPSA) is 21.3 Å². The Morgan fingerprint density at radius 1 is 1.38 bits per heavy atom. The van der Waals surface area contributed by atoms with Crippen LogP contribution >= 0.6 is 23.2 Å². The predicted molar refractivity (Wildman–Crippen MR) is 65.3 cm³/mol. The van der Waals surface area contributed by atoms with E-state index in [4.69, 9.17) is 27.9 Å². The number of halogens is 2. The van der Waals surface area contributed by atoms with Gasteiger partial charge in [0.25, 0.3) is 0 Å². The van der Waals surface area contributed by atoms with Gasteiger partial charge in [-0.25, -0.2) is 0 Å². The molecule has 1 fully saturated rings. The highest BCUT2D eigenvalue weighted by atomic mass is 35.5. The smallest absolute Gasteiger partial charge is 0.0863 e. The molecule has 4 heteroatoms. The lowest BCUT2D eigenvalue weighted by atomic mass is 9.81. The summed E-state index contributed by atoms with van der Waals surface area (Å²) in [6, 6.07) is 3.73. The van der Waals surface area contributed by atoms with Crippen molar-refractivity contribution in [2.24, 2.45) is 0 Å². The molecule has 0 aromatic heterocycles. The molecule has 2 aliphatic rings. The Kier molecular flexibility index (Phi) is 2.44. The summed E-state index contributed by atoms with van der Waals surface area (Å²) in [5.74, 6) is 0.308. The van der Waals surface area contributed by atoms with Gasteiger partial charge in [0.15, 0.2) is 0 Å². The van der Waals surface area contributed by atoms with E-state index in [0.717, 1.165) is 28.7 Å². The van der Waals surface area contributed by atoms with Gasteiger partial charge in [-0.2, -0.15) is 0 Å². The van der Waals surface area contributed by atoms with Crippen molar-refractivity contribution in [1.29, 1.82) is 0 Å². The summed E-state index contributed by atoms with van der Waals surface area (Å²) in [6.07, 6.45) is 0. The van der Waals surface area contributed by atoms with Gasteiger partial charge in [-0.05, 0) is 24.6 Å². The first-order valence-electron chi connectivity index (χ1n) is 5.43. The molecule has 1 saturated heterocycles. The summed E-state index contributed by atoms with van der Waals surface area (Å²) < 4.78 is 5.95. The lowest BCUT2D eigenvalue weighted by molar-refractivity contribution is -0.0516. The zero-order chi connectivity index (χ0) is 11.3. The van der Waals surface area contributed by atoms with E-state index in [1.54, 1.807) is 0 Å². The maximum absolute atomic E-state index is 6.30. The lowest BCUT2D eigenvalue weighted by Crippen LogP contribution is -2.40. The molecule has 0 unspecified atom stereocenters. The van der Waals surface area contributed by atoms with Crippen LogP contribution in [0.3, 0.4) is 0 Å². The summed E-state index contributed by atoms with van der Waals surface area (Å²) in [6.45, 7) is 4.48. The van der Waals surface area contributed by atoms with Gasteiger partial charge in [-0.15, -0.1) is 0 Å². The SMILES string of the molecule is C[C@@]12CNC[C@@H]1c1c(Cl)ccc(Cl)c1CO2. The van der Waals surface area contributed by atoms with Crippen LogP contribution in [0, 0.1) is 0 Å². The van der Waals surface area contributed by atoms with E-state index >= 15 is 0 Å². The van der Waals surface area contributed by atoms with E-state index in [1.807, 2.05) is 12.1 Å². The van der Waals surface area contributed by atoms with Crippen molar-refractivity contribution in [3.05, 3.63) is 33.3 Å². The van der Waals surface area contributed by atoms with Gasteiger partial charge < -0.3 is 10.1 Å². The Morgan fingerprint density at radius 3 is 2.94 bits per heavy atom.